The molecule has 0 saturated carbocycles. The van der Waals surface area contributed by atoms with Crippen molar-refractivity contribution < 1.29 is 0 Å². The maximum Gasteiger partial charge on any atom is 0.00249 e. The van der Waals surface area contributed by atoms with Gasteiger partial charge in [0.25, 0.3) is 0 Å². The first-order chi connectivity index (χ1) is 6.40. The highest BCUT2D eigenvalue weighted by molar-refractivity contribution is 4.87. The molecule has 2 rings (SSSR count). The van der Waals surface area contributed by atoms with Crippen molar-refractivity contribution in [2.24, 2.45) is 11.8 Å². The van der Waals surface area contributed by atoms with Crippen molar-refractivity contribution in [2.75, 3.05) is 32.7 Å². The number of nitrogens with one attached hydrogen (secondary N) is 1. The van der Waals surface area contributed by atoms with E-state index in [0.717, 1.165) is 11.8 Å². The third-order valence-corrected chi connectivity index (χ3v) is 3.20. The van der Waals surface area contributed by atoms with E-state index in [-0.39, 0.29) is 0 Å². The molecule has 0 amide bonds. The number of likely N-dealkylation sites (tertiary alicyclic amines) is 1. The maximum absolute atomic E-state index is 3.47. The molecule has 0 aromatic carbocycles. The molecule has 0 aliphatic carbocycles. The van der Waals surface area contributed by atoms with E-state index >= 15 is 0 Å². The van der Waals surface area contributed by atoms with Crippen LogP contribution in [0.3, 0.4) is 0 Å². The van der Waals surface area contributed by atoms with Crippen molar-refractivity contribution in [2.45, 2.75) is 27.2 Å². The molecule has 0 aromatic rings. The van der Waals surface area contributed by atoms with E-state index in [1.54, 1.807) is 0 Å². The predicted molar refractivity (Wildman–Crippen MR) is 57.9 cm³/mol. The third-order valence-electron chi connectivity index (χ3n) is 3.20. The van der Waals surface area contributed by atoms with E-state index in [1.807, 2.05) is 13.8 Å². The average Bonchev–Trinajstić information content (AvgIpc) is 2.63. The molecule has 2 nitrogen and oxygen atoms in total. The molecule has 2 aliphatic heterocycles. The molecule has 0 spiro atoms. The van der Waals surface area contributed by atoms with Gasteiger partial charge in [-0.25, -0.2) is 0 Å². The van der Waals surface area contributed by atoms with Crippen LogP contribution in [0.4, 0.5) is 0 Å². The van der Waals surface area contributed by atoms with Crippen LogP contribution in [0.1, 0.15) is 27.2 Å². The Hall–Kier alpha value is -0.0800. The summed E-state index contributed by atoms with van der Waals surface area (Å²) >= 11 is 0. The van der Waals surface area contributed by atoms with E-state index in [9.17, 15) is 0 Å². The number of nitrogens with zero attached hydrogens (tertiary/aromatic N) is 1. The van der Waals surface area contributed by atoms with Crippen LogP contribution in [0.25, 0.3) is 0 Å². The Bertz CT molecular complexity index is 122. The molecule has 13 heavy (non-hydrogen) atoms. The lowest BCUT2D eigenvalue weighted by Gasteiger charge is -2.24. The highest BCUT2D eigenvalue weighted by Crippen LogP contribution is 2.27. The minimum absolute atomic E-state index is 0.962. The standard InChI is InChI=1S/C9H18N2.C2H6/c1-2-11-6-8-3-4-10-5-9(8)7-11;1-2/h8-10H,2-7H2,1H3;1-2H3. The van der Waals surface area contributed by atoms with E-state index in [1.165, 1.54) is 39.1 Å². The molecule has 0 bridgehead atoms. The van der Waals surface area contributed by atoms with Crippen molar-refractivity contribution in [3.63, 3.8) is 0 Å². The van der Waals surface area contributed by atoms with Crippen LogP contribution in [0.5, 0.6) is 0 Å². The van der Waals surface area contributed by atoms with Gasteiger partial charge in [-0.1, -0.05) is 20.8 Å². The van der Waals surface area contributed by atoms with E-state index in [2.05, 4.69) is 17.1 Å². The zero-order valence-corrected chi connectivity index (χ0v) is 9.34. The van der Waals surface area contributed by atoms with Gasteiger partial charge in [0.15, 0.2) is 0 Å². The van der Waals surface area contributed by atoms with Gasteiger partial charge in [-0.2, -0.15) is 0 Å². The van der Waals surface area contributed by atoms with Gasteiger partial charge in [0.2, 0.25) is 0 Å². The summed E-state index contributed by atoms with van der Waals surface area (Å²) in [4.78, 5) is 2.59. The average molecular weight is 184 g/mol. The van der Waals surface area contributed by atoms with Crippen molar-refractivity contribution in [3.05, 3.63) is 0 Å². The lowest BCUT2D eigenvalue weighted by molar-refractivity contribution is 0.318. The number of hydrogen-bond donors (Lipinski definition) is 1. The largest absolute Gasteiger partial charge is 0.316 e. The molecule has 0 radical (unpaired) electrons. The minimum Gasteiger partial charge on any atom is -0.316 e. The second kappa shape index (κ2) is 5.61. The van der Waals surface area contributed by atoms with Crippen molar-refractivity contribution in [1.29, 1.82) is 0 Å². The SMILES string of the molecule is CC.CCN1CC2CCNCC2C1. The zero-order valence-electron chi connectivity index (χ0n) is 9.34. The molecule has 2 aliphatic rings. The normalized spacial score (nSPS) is 33.5. The fourth-order valence-corrected chi connectivity index (χ4v) is 2.43. The minimum atomic E-state index is 0.962. The second-order valence-electron chi connectivity index (χ2n) is 3.87. The van der Waals surface area contributed by atoms with Crippen molar-refractivity contribution >= 4 is 0 Å². The molecule has 0 aromatic heterocycles. The summed E-state index contributed by atoms with van der Waals surface area (Å²) in [6, 6.07) is 0. The Morgan fingerprint density at radius 2 is 1.92 bits per heavy atom. The van der Waals surface area contributed by atoms with Gasteiger partial charge >= 0.3 is 0 Å². The summed E-state index contributed by atoms with van der Waals surface area (Å²) in [5, 5.41) is 3.47. The summed E-state index contributed by atoms with van der Waals surface area (Å²) in [7, 11) is 0. The van der Waals surface area contributed by atoms with E-state index in [4.69, 9.17) is 0 Å². The molecule has 2 saturated heterocycles. The Kier molecular flexibility index (Phi) is 4.74. The molecule has 1 N–H and O–H groups in total. The summed E-state index contributed by atoms with van der Waals surface area (Å²) in [5.41, 5.74) is 0. The Balaban J connectivity index is 0.000000396. The summed E-state index contributed by atoms with van der Waals surface area (Å²) in [6.45, 7) is 12.7. The Morgan fingerprint density at radius 1 is 1.23 bits per heavy atom. The van der Waals surface area contributed by atoms with Gasteiger partial charge in [0.05, 0.1) is 0 Å². The van der Waals surface area contributed by atoms with Crippen LogP contribution in [0, 0.1) is 11.8 Å². The highest BCUT2D eigenvalue weighted by Gasteiger charge is 2.33. The zero-order chi connectivity index (χ0) is 9.68. The molecule has 2 heteroatoms. The molecule has 2 fully saturated rings. The molecule has 2 unspecified atom stereocenters. The lowest BCUT2D eigenvalue weighted by Crippen LogP contribution is -2.35. The van der Waals surface area contributed by atoms with Crippen LogP contribution in [-0.4, -0.2) is 37.6 Å². The highest BCUT2D eigenvalue weighted by atomic mass is 15.2. The first kappa shape index (κ1) is 11.0. The number of hydrogen-bond acceptors (Lipinski definition) is 2. The number of rotatable bonds is 1. The van der Waals surface area contributed by atoms with Gasteiger partial charge in [-0.05, 0) is 37.9 Å². The number of fused-ring (bicyclic) bond motifs is 1. The second-order valence-corrected chi connectivity index (χ2v) is 3.87. The smallest absolute Gasteiger partial charge is 0.00249 e. The van der Waals surface area contributed by atoms with Gasteiger partial charge in [-0.3, -0.25) is 0 Å². The summed E-state index contributed by atoms with van der Waals surface area (Å²) in [5.74, 6) is 1.97. The van der Waals surface area contributed by atoms with Crippen molar-refractivity contribution in [1.82, 2.24) is 10.2 Å². The molecule has 2 heterocycles. The van der Waals surface area contributed by atoms with Crippen LogP contribution < -0.4 is 5.32 Å². The van der Waals surface area contributed by atoms with Gasteiger partial charge in [0.1, 0.15) is 0 Å². The first-order valence-corrected chi connectivity index (χ1v) is 5.83. The monoisotopic (exact) mass is 184 g/mol. The number of piperidine rings is 1. The first-order valence-electron chi connectivity index (χ1n) is 5.83. The van der Waals surface area contributed by atoms with Crippen LogP contribution in [0.15, 0.2) is 0 Å². The van der Waals surface area contributed by atoms with Crippen LogP contribution in [0.2, 0.25) is 0 Å². The molecule has 2 atom stereocenters. The van der Waals surface area contributed by atoms with Crippen molar-refractivity contribution in [3.8, 4) is 0 Å². The van der Waals surface area contributed by atoms with E-state index in [0.29, 0.717) is 0 Å². The molecular formula is C11H24N2. The van der Waals surface area contributed by atoms with Gasteiger partial charge < -0.3 is 10.2 Å². The quantitative estimate of drug-likeness (QED) is 0.665. The van der Waals surface area contributed by atoms with Crippen LogP contribution in [-0.2, 0) is 0 Å². The summed E-state index contributed by atoms with van der Waals surface area (Å²) < 4.78 is 0. The fraction of sp³-hybridized carbons (Fsp3) is 1.00. The topological polar surface area (TPSA) is 15.3 Å². The third kappa shape index (κ3) is 2.68. The summed E-state index contributed by atoms with van der Waals surface area (Å²) in [6.07, 6.45) is 1.40. The lowest BCUT2D eigenvalue weighted by atomic mass is 9.90. The molecule has 78 valence electrons. The molecular weight excluding hydrogens is 160 g/mol. The maximum atomic E-state index is 3.47. The van der Waals surface area contributed by atoms with Gasteiger partial charge in [0, 0.05) is 13.1 Å². The fourth-order valence-electron chi connectivity index (χ4n) is 2.43. The van der Waals surface area contributed by atoms with Gasteiger partial charge in [-0.15, -0.1) is 0 Å². The Morgan fingerprint density at radius 3 is 2.54 bits per heavy atom. The predicted octanol–water partition coefficient (Wildman–Crippen LogP) is 1.57. The Labute approximate surface area is 82.7 Å². The van der Waals surface area contributed by atoms with E-state index < -0.39 is 0 Å². The van der Waals surface area contributed by atoms with Crippen LogP contribution >= 0.6 is 0 Å².